The third kappa shape index (κ3) is 17.3. The molecule has 0 aliphatic rings. The van der Waals surface area contributed by atoms with Gasteiger partial charge < -0.3 is 5.73 Å². The molecular weight excluding hydrogens is 346 g/mol. The molecule has 0 saturated carbocycles. The first-order valence-electron chi connectivity index (χ1n) is 11.2. The molecule has 3 N–H and O–H groups in total. The van der Waals surface area contributed by atoms with Crippen LogP contribution in [0.2, 0.25) is 0 Å². The molecule has 0 bridgehead atoms. The largest absolute Gasteiger partial charge is 0.329 e. The number of rotatable bonds is 20. The summed E-state index contributed by atoms with van der Waals surface area (Å²) in [6.07, 6.45) is 22.7. The molecule has 0 amide bonds. The van der Waals surface area contributed by atoms with E-state index in [1.165, 1.54) is 89.9 Å². The normalized spacial score (nSPS) is 13.2. The summed E-state index contributed by atoms with van der Waals surface area (Å²) in [6.45, 7) is 2.28. The summed E-state index contributed by atoms with van der Waals surface area (Å²) in [7, 11) is -3.96. The van der Waals surface area contributed by atoms with Gasteiger partial charge >= 0.3 is 0 Å². The summed E-state index contributed by atoms with van der Waals surface area (Å²) >= 11 is 0. The molecule has 4 nitrogen and oxygen atoms in total. The lowest BCUT2D eigenvalue weighted by atomic mass is 10.0. The topological polar surface area (TPSA) is 80.4 Å². The van der Waals surface area contributed by atoms with Crippen molar-refractivity contribution in [3.8, 4) is 0 Å². The number of hydrogen-bond acceptors (Lipinski definition) is 3. The molecule has 1 unspecified atom stereocenters. The highest BCUT2D eigenvalue weighted by atomic mass is 32.2. The van der Waals surface area contributed by atoms with Gasteiger partial charge in [0.05, 0.1) is 5.25 Å². The molecule has 0 fully saturated rings. The van der Waals surface area contributed by atoms with Crippen molar-refractivity contribution in [2.75, 3.05) is 6.54 Å². The molecule has 5 heteroatoms. The predicted molar refractivity (Wildman–Crippen MR) is 113 cm³/mol. The van der Waals surface area contributed by atoms with Gasteiger partial charge in [0, 0.05) is 6.54 Å². The molecule has 0 aliphatic carbocycles. The summed E-state index contributed by atoms with van der Waals surface area (Å²) in [5.74, 6) is 0. The fraction of sp³-hybridized carbons (Fsp3) is 1.00. The van der Waals surface area contributed by atoms with E-state index < -0.39 is 15.4 Å². The second-order valence-corrected chi connectivity index (χ2v) is 9.51. The highest BCUT2D eigenvalue weighted by molar-refractivity contribution is 7.86. The third-order valence-corrected chi connectivity index (χ3v) is 6.58. The Kier molecular flexibility index (Phi) is 18.2. The molecule has 158 valence electrons. The van der Waals surface area contributed by atoms with E-state index in [0.29, 0.717) is 6.42 Å². The van der Waals surface area contributed by atoms with Crippen molar-refractivity contribution < 1.29 is 13.0 Å². The maximum Gasteiger partial charge on any atom is 0.269 e. The standard InChI is InChI=1S/C21H45NO3S/c1-2-3-4-5-6-7-8-9-10-11-12-13-14-15-16-17-18-19-21(20-22)26(23,24)25/h21H,2-20,22H2,1H3,(H,23,24,25). The Morgan fingerprint density at radius 2 is 0.962 bits per heavy atom. The molecule has 0 aliphatic heterocycles. The van der Waals surface area contributed by atoms with Crippen molar-refractivity contribution in [3.63, 3.8) is 0 Å². The van der Waals surface area contributed by atoms with Crippen molar-refractivity contribution in [2.45, 2.75) is 128 Å². The molecule has 0 aromatic heterocycles. The van der Waals surface area contributed by atoms with Crippen LogP contribution in [-0.2, 0) is 10.1 Å². The van der Waals surface area contributed by atoms with E-state index in [9.17, 15) is 8.42 Å². The Balaban J connectivity index is 3.20. The van der Waals surface area contributed by atoms with Gasteiger partial charge in [-0.3, -0.25) is 4.55 Å². The van der Waals surface area contributed by atoms with Crippen LogP contribution in [0.25, 0.3) is 0 Å². The van der Waals surface area contributed by atoms with Crippen LogP contribution >= 0.6 is 0 Å². The van der Waals surface area contributed by atoms with Crippen molar-refractivity contribution in [2.24, 2.45) is 5.73 Å². The molecule has 1 atom stereocenters. The molecule has 0 aromatic rings. The van der Waals surface area contributed by atoms with Crippen molar-refractivity contribution in [3.05, 3.63) is 0 Å². The maximum atomic E-state index is 11.0. The van der Waals surface area contributed by atoms with E-state index in [2.05, 4.69) is 6.92 Å². The van der Waals surface area contributed by atoms with E-state index in [1.807, 2.05) is 0 Å². The Hall–Kier alpha value is -0.130. The van der Waals surface area contributed by atoms with E-state index >= 15 is 0 Å². The Morgan fingerprint density at radius 3 is 1.23 bits per heavy atom. The van der Waals surface area contributed by atoms with Crippen LogP contribution in [0.5, 0.6) is 0 Å². The first-order valence-corrected chi connectivity index (χ1v) is 12.7. The van der Waals surface area contributed by atoms with E-state index in [1.54, 1.807) is 0 Å². The van der Waals surface area contributed by atoms with Gasteiger partial charge in [-0.2, -0.15) is 8.42 Å². The predicted octanol–water partition coefficient (Wildman–Crippen LogP) is 6.24. The van der Waals surface area contributed by atoms with E-state index in [-0.39, 0.29) is 6.54 Å². The first-order chi connectivity index (χ1) is 12.5. The van der Waals surface area contributed by atoms with Crippen LogP contribution in [0, 0.1) is 0 Å². The van der Waals surface area contributed by atoms with Gasteiger partial charge in [0.2, 0.25) is 0 Å². The van der Waals surface area contributed by atoms with Gasteiger partial charge in [-0.05, 0) is 6.42 Å². The zero-order chi connectivity index (χ0) is 19.5. The third-order valence-electron chi connectivity index (χ3n) is 5.31. The smallest absolute Gasteiger partial charge is 0.269 e. The summed E-state index contributed by atoms with van der Waals surface area (Å²) < 4.78 is 31.1. The summed E-state index contributed by atoms with van der Waals surface area (Å²) in [5.41, 5.74) is 5.39. The Morgan fingerprint density at radius 1 is 0.654 bits per heavy atom. The molecular formula is C21H45NO3S. The Labute approximate surface area is 163 Å². The van der Waals surface area contributed by atoms with Gasteiger partial charge in [0.1, 0.15) is 0 Å². The van der Waals surface area contributed by atoms with Crippen molar-refractivity contribution in [1.29, 1.82) is 0 Å². The van der Waals surface area contributed by atoms with Crippen LogP contribution in [0.15, 0.2) is 0 Å². The molecule has 0 radical (unpaired) electrons. The highest BCUT2D eigenvalue weighted by Gasteiger charge is 2.20. The number of nitrogens with two attached hydrogens (primary N) is 1. The zero-order valence-electron chi connectivity index (χ0n) is 17.3. The molecule has 26 heavy (non-hydrogen) atoms. The number of unbranched alkanes of at least 4 members (excludes halogenated alkanes) is 16. The molecule has 0 aromatic carbocycles. The van der Waals surface area contributed by atoms with Crippen LogP contribution < -0.4 is 5.73 Å². The lowest BCUT2D eigenvalue weighted by Crippen LogP contribution is -2.29. The second-order valence-electron chi connectivity index (χ2n) is 7.82. The molecule has 0 spiro atoms. The van der Waals surface area contributed by atoms with Crippen LogP contribution in [0.1, 0.15) is 122 Å². The average Bonchev–Trinajstić information content (AvgIpc) is 2.59. The van der Waals surface area contributed by atoms with Gasteiger partial charge in [-0.25, -0.2) is 0 Å². The van der Waals surface area contributed by atoms with Gasteiger partial charge in [0.15, 0.2) is 0 Å². The Bertz CT molecular complexity index is 385. The SMILES string of the molecule is CCCCCCCCCCCCCCCCCCCC(CN)S(=O)(=O)O. The maximum absolute atomic E-state index is 11.0. The minimum absolute atomic E-state index is 0.0116. The molecule has 0 heterocycles. The van der Waals surface area contributed by atoms with Crippen molar-refractivity contribution in [1.82, 2.24) is 0 Å². The van der Waals surface area contributed by atoms with E-state index in [4.69, 9.17) is 10.3 Å². The fourth-order valence-electron chi connectivity index (χ4n) is 3.49. The number of hydrogen-bond donors (Lipinski definition) is 2. The van der Waals surface area contributed by atoms with Crippen LogP contribution in [0.4, 0.5) is 0 Å². The quantitative estimate of drug-likeness (QED) is 0.190. The summed E-state index contributed by atoms with van der Waals surface area (Å²) in [5, 5.41) is -0.779. The minimum atomic E-state index is -3.96. The van der Waals surface area contributed by atoms with Gasteiger partial charge in [-0.15, -0.1) is 0 Å². The minimum Gasteiger partial charge on any atom is -0.329 e. The van der Waals surface area contributed by atoms with Gasteiger partial charge in [-0.1, -0.05) is 116 Å². The molecule has 0 saturated heterocycles. The summed E-state index contributed by atoms with van der Waals surface area (Å²) in [4.78, 5) is 0. The average molecular weight is 392 g/mol. The van der Waals surface area contributed by atoms with Crippen molar-refractivity contribution >= 4 is 10.1 Å². The highest BCUT2D eigenvalue weighted by Crippen LogP contribution is 2.15. The van der Waals surface area contributed by atoms with E-state index in [0.717, 1.165) is 19.3 Å². The second kappa shape index (κ2) is 18.2. The van der Waals surface area contributed by atoms with Gasteiger partial charge in [0.25, 0.3) is 10.1 Å². The van der Waals surface area contributed by atoms with Crippen LogP contribution in [0.3, 0.4) is 0 Å². The van der Waals surface area contributed by atoms with Crippen LogP contribution in [-0.4, -0.2) is 24.8 Å². The fourth-order valence-corrected chi connectivity index (χ4v) is 4.19. The monoisotopic (exact) mass is 391 g/mol. The zero-order valence-corrected chi connectivity index (χ0v) is 18.1. The first kappa shape index (κ1) is 25.9. The lowest BCUT2D eigenvalue weighted by molar-refractivity contribution is 0.456. The molecule has 0 rings (SSSR count). The lowest BCUT2D eigenvalue weighted by Gasteiger charge is -2.10. The summed E-state index contributed by atoms with van der Waals surface area (Å²) in [6, 6.07) is 0.